The summed E-state index contributed by atoms with van der Waals surface area (Å²) in [6, 6.07) is 92.9. The first-order valence-corrected chi connectivity index (χ1v) is 23.5. The van der Waals surface area contributed by atoms with E-state index in [0.29, 0.717) is 0 Å². The van der Waals surface area contributed by atoms with Crippen LogP contribution in [0.4, 0.5) is 0 Å². The van der Waals surface area contributed by atoms with Crippen LogP contribution in [-0.2, 0) is 0 Å². The van der Waals surface area contributed by atoms with Gasteiger partial charge in [-0.1, -0.05) is 279 Å². The third-order valence-corrected chi connectivity index (χ3v) is 13.5. The predicted octanol–water partition coefficient (Wildman–Crippen LogP) is 19.0. The Morgan fingerprint density at radius 2 is 0.544 bits per heavy atom. The molecule has 0 nitrogen and oxygen atoms in total. The zero-order valence-corrected chi connectivity index (χ0v) is 37.6. The maximum absolute atomic E-state index is 2.33. The fraction of sp³-hybridized carbons (Fsp3) is 0. The molecule has 0 saturated carbocycles. The van der Waals surface area contributed by atoms with Crippen LogP contribution in [0.2, 0.25) is 0 Å². The summed E-state index contributed by atoms with van der Waals surface area (Å²) in [5.74, 6) is 0. The van der Waals surface area contributed by atoms with E-state index < -0.39 is 0 Å². The Labute approximate surface area is 398 Å². The van der Waals surface area contributed by atoms with Gasteiger partial charge in [0.25, 0.3) is 0 Å². The first kappa shape index (κ1) is 40.7. The first-order valence-electron chi connectivity index (χ1n) is 23.5. The van der Waals surface area contributed by atoms with Crippen LogP contribution in [0.15, 0.2) is 255 Å². The number of benzene rings is 12. The summed E-state index contributed by atoms with van der Waals surface area (Å²) in [5.41, 5.74) is 17.0. The van der Waals surface area contributed by atoms with E-state index in [-0.39, 0.29) is 0 Å². The molecule has 0 radical (unpaired) electrons. The van der Waals surface area contributed by atoms with Gasteiger partial charge < -0.3 is 0 Å². The van der Waals surface area contributed by atoms with Gasteiger partial charge in [-0.05, 0) is 121 Å². The molecule has 0 heterocycles. The van der Waals surface area contributed by atoms with E-state index in [1.807, 2.05) is 0 Å². The molecule has 68 heavy (non-hydrogen) atoms. The molecule has 0 unspecified atom stereocenters. The van der Waals surface area contributed by atoms with Crippen molar-refractivity contribution in [1.29, 1.82) is 0 Å². The Balaban J connectivity index is 0.976. The Morgan fingerprint density at radius 1 is 0.191 bits per heavy atom. The standard InChI is InChI=1S/C68H46/c1-4-17-47(18-5-1)35-37-50-23-12-32-61-56(50)27-14-29-58(61)52-39-43-54(44-40-52)66-63-25-10-11-26-64(63)67(68-60(31-16-34-65(66)68)49-21-8-3-9-22-49)55-45-41-53(42-46-55)59-30-15-28-57-51(24-13-33-62(57)59)38-36-48-19-6-2-7-20-48/h1-46H. The topological polar surface area (TPSA) is 0 Å². The molecule has 0 N–H and O–H groups in total. The molecule has 0 spiro atoms. The first-order chi connectivity index (χ1) is 33.7. The van der Waals surface area contributed by atoms with Crippen molar-refractivity contribution in [2.24, 2.45) is 0 Å². The third kappa shape index (κ3) is 7.59. The van der Waals surface area contributed by atoms with Crippen molar-refractivity contribution in [2.75, 3.05) is 0 Å². The average Bonchev–Trinajstić information content (AvgIpc) is 3.41. The van der Waals surface area contributed by atoms with E-state index in [2.05, 4.69) is 279 Å². The van der Waals surface area contributed by atoms with Crippen molar-refractivity contribution in [2.45, 2.75) is 0 Å². The van der Waals surface area contributed by atoms with Gasteiger partial charge in [-0.2, -0.15) is 0 Å². The lowest BCUT2D eigenvalue weighted by atomic mass is 9.82. The molecule has 0 bridgehead atoms. The minimum atomic E-state index is 1.19. The van der Waals surface area contributed by atoms with Crippen LogP contribution in [-0.4, -0.2) is 0 Å². The van der Waals surface area contributed by atoms with Gasteiger partial charge in [-0.3, -0.25) is 0 Å². The molecular weight excluding hydrogens is 817 g/mol. The largest absolute Gasteiger partial charge is 0.0622 e. The molecule has 0 aliphatic heterocycles. The maximum Gasteiger partial charge on any atom is -0.00141 e. The highest BCUT2D eigenvalue weighted by Crippen LogP contribution is 2.48. The lowest BCUT2D eigenvalue weighted by molar-refractivity contribution is 1.61. The number of fused-ring (bicyclic) bond motifs is 4. The molecule has 0 atom stereocenters. The van der Waals surface area contributed by atoms with E-state index in [0.717, 1.165) is 0 Å². The second-order valence-corrected chi connectivity index (χ2v) is 17.5. The average molecular weight is 863 g/mol. The zero-order chi connectivity index (χ0) is 45.2. The predicted molar refractivity (Wildman–Crippen MR) is 294 cm³/mol. The van der Waals surface area contributed by atoms with Crippen molar-refractivity contribution >= 4 is 67.4 Å². The van der Waals surface area contributed by atoms with Gasteiger partial charge >= 0.3 is 0 Å². The fourth-order valence-electron chi connectivity index (χ4n) is 10.3. The van der Waals surface area contributed by atoms with Gasteiger partial charge in [0.2, 0.25) is 0 Å². The second-order valence-electron chi connectivity index (χ2n) is 17.5. The van der Waals surface area contributed by atoms with Crippen LogP contribution in [0.3, 0.4) is 0 Å². The molecule has 12 aromatic rings. The van der Waals surface area contributed by atoms with Crippen LogP contribution in [0.5, 0.6) is 0 Å². The molecule has 0 aromatic heterocycles. The Hall–Kier alpha value is -8.84. The van der Waals surface area contributed by atoms with Gasteiger partial charge in [-0.25, -0.2) is 0 Å². The SMILES string of the molecule is C(=Cc1cccc2c(-c3ccc(-c4c5ccccc5c(-c5ccc(-c6cccc7c(C=Cc8ccccc8)cccc67)cc5)c5c(-c6ccccc6)cccc45)cc3)cccc12)c1ccccc1. The number of hydrogen-bond donors (Lipinski definition) is 0. The normalized spacial score (nSPS) is 11.7. The molecule has 0 heteroatoms. The molecule has 12 aromatic carbocycles. The molecule has 12 rings (SSSR count). The maximum atomic E-state index is 2.33. The van der Waals surface area contributed by atoms with Gasteiger partial charge in [0.05, 0.1) is 0 Å². The molecular formula is C68H46. The molecule has 0 saturated heterocycles. The lowest BCUT2D eigenvalue weighted by Crippen LogP contribution is -1.93. The van der Waals surface area contributed by atoms with Crippen molar-refractivity contribution in [3.8, 4) is 55.6 Å². The molecule has 0 amide bonds. The highest BCUT2D eigenvalue weighted by molar-refractivity contribution is 6.25. The van der Waals surface area contributed by atoms with Crippen molar-refractivity contribution in [1.82, 2.24) is 0 Å². The van der Waals surface area contributed by atoms with Gasteiger partial charge in [0.15, 0.2) is 0 Å². The van der Waals surface area contributed by atoms with Crippen LogP contribution >= 0.6 is 0 Å². The minimum absolute atomic E-state index is 1.19. The minimum Gasteiger partial charge on any atom is -0.0622 e. The quantitative estimate of drug-likeness (QED) is 0.100. The lowest BCUT2D eigenvalue weighted by Gasteiger charge is -2.21. The third-order valence-electron chi connectivity index (χ3n) is 13.5. The van der Waals surface area contributed by atoms with Crippen molar-refractivity contribution in [3.63, 3.8) is 0 Å². The smallest absolute Gasteiger partial charge is 0.00141 e. The fourth-order valence-corrected chi connectivity index (χ4v) is 10.3. The summed E-state index contributed by atoms with van der Waals surface area (Å²) in [7, 11) is 0. The molecule has 318 valence electrons. The zero-order valence-electron chi connectivity index (χ0n) is 37.6. The summed E-state index contributed by atoms with van der Waals surface area (Å²) in [4.78, 5) is 0. The Bertz CT molecular complexity index is 3840. The van der Waals surface area contributed by atoms with Crippen molar-refractivity contribution in [3.05, 3.63) is 277 Å². The van der Waals surface area contributed by atoms with Crippen LogP contribution in [0.1, 0.15) is 22.3 Å². The van der Waals surface area contributed by atoms with E-state index in [4.69, 9.17) is 0 Å². The highest BCUT2D eigenvalue weighted by atomic mass is 14.2. The summed E-state index contributed by atoms with van der Waals surface area (Å²) in [5, 5.41) is 9.95. The van der Waals surface area contributed by atoms with Gasteiger partial charge in [-0.15, -0.1) is 0 Å². The summed E-state index contributed by atoms with van der Waals surface area (Å²) >= 11 is 0. The van der Waals surface area contributed by atoms with E-state index in [1.54, 1.807) is 0 Å². The summed E-state index contributed by atoms with van der Waals surface area (Å²) < 4.78 is 0. The number of hydrogen-bond acceptors (Lipinski definition) is 0. The van der Waals surface area contributed by atoms with E-state index in [9.17, 15) is 0 Å². The van der Waals surface area contributed by atoms with E-state index >= 15 is 0 Å². The van der Waals surface area contributed by atoms with Gasteiger partial charge in [0.1, 0.15) is 0 Å². The summed E-state index contributed by atoms with van der Waals surface area (Å²) in [6.07, 6.45) is 8.86. The summed E-state index contributed by atoms with van der Waals surface area (Å²) in [6.45, 7) is 0. The number of rotatable bonds is 9. The van der Waals surface area contributed by atoms with E-state index in [1.165, 1.54) is 121 Å². The molecule has 0 aliphatic carbocycles. The van der Waals surface area contributed by atoms with Gasteiger partial charge in [0, 0.05) is 0 Å². The van der Waals surface area contributed by atoms with Crippen LogP contribution in [0, 0.1) is 0 Å². The molecule has 0 aliphatic rings. The van der Waals surface area contributed by atoms with Crippen LogP contribution < -0.4 is 0 Å². The van der Waals surface area contributed by atoms with Crippen molar-refractivity contribution < 1.29 is 0 Å². The Morgan fingerprint density at radius 3 is 1.06 bits per heavy atom. The Kier molecular flexibility index (Phi) is 10.7. The second kappa shape index (κ2) is 17.9. The monoisotopic (exact) mass is 862 g/mol. The molecule has 0 fully saturated rings. The van der Waals surface area contributed by atoms with Crippen LogP contribution in [0.25, 0.3) is 123 Å². The highest BCUT2D eigenvalue weighted by Gasteiger charge is 2.20.